The summed E-state index contributed by atoms with van der Waals surface area (Å²) in [6.07, 6.45) is 2.46. The Labute approximate surface area is 209 Å². The summed E-state index contributed by atoms with van der Waals surface area (Å²) in [6.45, 7) is 10.7. The van der Waals surface area contributed by atoms with E-state index in [1.807, 2.05) is 17.0 Å². The van der Waals surface area contributed by atoms with Gasteiger partial charge in [-0.1, -0.05) is 17.7 Å². The van der Waals surface area contributed by atoms with Crippen LogP contribution in [0.2, 0.25) is 0 Å². The molecule has 0 aliphatic carbocycles. The Bertz CT molecular complexity index is 961. The van der Waals surface area contributed by atoms with Crippen LogP contribution in [0.5, 0.6) is 0 Å². The van der Waals surface area contributed by atoms with Crippen LogP contribution >= 0.6 is 0 Å². The number of benzene rings is 2. The van der Waals surface area contributed by atoms with Gasteiger partial charge in [0.15, 0.2) is 0 Å². The van der Waals surface area contributed by atoms with Crippen LogP contribution in [0.15, 0.2) is 48.5 Å². The first-order chi connectivity index (χ1) is 17.0. The van der Waals surface area contributed by atoms with Crippen molar-refractivity contribution in [1.82, 2.24) is 9.80 Å². The summed E-state index contributed by atoms with van der Waals surface area (Å²) in [5, 5.41) is 3.54. The summed E-state index contributed by atoms with van der Waals surface area (Å²) in [5.41, 5.74) is 4.13. The van der Waals surface area contributed by atoms with Crippen molar-refractivity contribution in [2.24, 2.45) is 0 Å². The van der Waals surface area contributed by atoms with E-state index in [0.29, 0.717) is 24.6 Å². The summed E-state index contributed by atoms with van der Waals surface area (Å²) in [4.78, 5) is 31.5. The Hall–Kier alpha value is -3.06. The predicted octanol–water partition coefficient (Wildman–Crippen LogP) is 3.79. The summed E-state index contributed by atoms with van der Waals surface area (Å²) in [5.74, 6) is -0.0257. The molecule has 2 aromatic rings. The van der Waals surface area contributed by atoms with Gasteiger partial charge < -0.3 is 19.9 Å². The van der Waals surface area contributed by atoms with Crippen molar-refractivity contribution >= 4 is 23.3 Å². The first kappa shape index (κ1) is 25.0. The molecule has 0 atom stereocenters. The number of carbonyl (C=O) groups is 2. The maximum absolute atomic E-state index is 12.8. The van der Waals surface area contributed by atoms with Gasteiger partial charge in [0.2, 0.25) is 5.91 Å². The number of rotatable bonds is 8. The average molecular weight is 479 g/mol. The summed E-state index contributed by atoms with van der Waals surface area (Å²) >= 11 is 0. The van der Waals surface area contributed by atoms with Crippen molar-refractivity contribution in [3.8, 4) is 0 Å². The number of likely N-dealkylation sites (tertiary alicyclic amines) is 1. The van der Waals surface area contributed by atoms with E-state index in [-0.39, 0.29) is 11.9 Å². The van der Waals surface area contributed by atoms with Crippen molar-refractivity contribution in [3.63, 3.8) is 0 Å². The number of hydrogen-bond donors (Lipinski definition) is 1. The minimum absolute atomic E-state index is 0.267. The highest BCUT2D eigenvalue weighted by Gasteiger charge is 2.24. The van der Waals surface area contributed by atoms with Crippen LogP contribution in [-0.4, -0.2) is 80.1 Å². The van der Waals surface area contributed by atoms with Crippen LogP contribution in [0, 0.1) is 6.92 Å². The number of piperidine rings is 1. The highest BCUT2D eigenvalue weighted by molar-refractivity contribution is 5.89. The van der Waals surface area contributed by atoms with Gasteiger partial charge in [-0.05, 0) is 63.1 Å². The fourth-order valence-electron chi connectivity index (χ4n) is 4.82. The quantitative estimate of drug-likeness (QED) is 0.583. The Morgan fingerprint density at radius 1 is 0.914 bits per heavy atom. The molecule has 7 nitrogen and oxygen atoms in total. The lowest BCUT2D eigenvalue weighted by atomic mass is 10.0. The highest BCUT2D eigenvalue weighted by atomic mass is 16.5. The molecule has 2 fully saturated rings. The van der Waals surface area contributed by atoms with E-state index >= 15 is 0 Å². The number of piperazine rings is 1. The van der Waals surface area contributed by atoms with Crippen LogP contribution in [0.1, 0.15) is 42.1 Å². The third-order valence-corrected chi connectivity index (χ3v) is 7.03. The van der Waals surface area contributed by atoms with E-state index < -0.39 is 0 Å². The van der Waals surface area contributed by atoms with Crippen LogP contribution in [-0.2, 0) is 9.53 Å². The minimum atomic E-state index is -0.293. The second-order valence-corrected chi connectivity index (χ2v) is 9.51. The summed E-state index contributed by atoms with van der Waals surface area (Å²) < 4.78 is 5.04. The number of amides is 1. The summed E-state index contributed by atoms with van der Waals surface area (Å²) in [6, 6.07) is 16.5. The molecule has 2 aliphatic heterocycles. The number of hydrogen-bond acceptors (Lipinski definition) is 6. The molecule has 1 amide bonds. The fourth-order valence-corrected chi connectivity index (χ4v) is 4.82. The Kier molecular flexibility index (Phi) is 8.64. The molecule has 188 valence electrons. The maximum Gasteiger partial charge on any atom is 0.338 e. The Balaban J connectivity index is 1.14. The van der Waals surface area contributed by atoms with Crippen molar-refractivity contribution in [1.29, 1.82) is 0 Å². The minimum Gasteiger partial charge on any atom is -0.462 e. The number of esters is 1. The topological polar surface area (TPSA) is 65.1 Å². The van der Waals surface area contributed by atoms with E-state index in [1.165, 1.54) is 11.3 Å². The van der Waals surface area contributed by atoms with Crippen molar-refractivity contribution < 1.29 is 14.3 Å². The van der Waals surface area contributed by atoms with E-state index in [2.05, 4.69) is 46.3 Å². The number of nitrogens with one attached hydrogen (secondary N) is 1. The molecule has 0 bridgehead atoms. The molecule has 0 unspecified atom stereocenters. The fraction of sp³-hybridized carbons (Fsp3) is 0.500. The largest absolute Gasteiger partial charge is 0.462 e. The number of anilines is 2. The van der Waals surface area contributed by atoms with Crippen molar-refractivity contribution in [3.05, 3.63) is 59.7 Å². The van der Waals surface area contributed by atoms with Crippen LogP contribution in [0.25, 0.3) is 0 Å². The van der Waals surface area contributed by atoms with E-state index in [0.717, 1.165) is 64.3 Å². The zero-order chi connectivity index (χ0) is 24.6. The van der Waals surface area contributed by atoms with Gasteiger partial charge >= 0.3 is 5.97 Å². The smallest absolute Gasteiger partial charge is 0.338 e. The van der Waals surface area contributed by atoms with Gasteiger partial charge in [0.25, 0.3) is 0 Å². The number of carbonyl (C=O) groups excluding carboxylic acids is 2. The lowest BCUT2D eigenvalue weighted by Crippen LogP contribution is -2.48. The molecule has 2 heterocycles. The molecule has 4 rings (SSSR count). The number of aryl methyl sites for hydroxylation is 1. The third-order valence-electron chi connectivity index (χ3n) is 7.03. The predicted molar refractivity (Wildman–Crippen MR) is 140 cm³/mol. The normalized spacial score (nSPS) is 17.3. The lowest BCUT2D eigenvalue weighted by Gasteiger charge is -2.37. The molecule has 0 radical (unpaired) electrons. The second-order valence-electron chi connectivity index (χ2n) is 9.51. The van der Waals surface area contributed by atoms with Gasteiger partial charge in [-0.15, -0.1) is 0 Å². The van der Waals surface area contributed by atoms with Gasteiger partial charge in [-0.2, -0.15) is 0 Å². The SMILES string of the molecule is CCOC(=O)c1ccc(NC2CCN(C(=O)CCN3CCN(c4ccc(C)cc4)CC3)CC2)cc1. The molecule has 2 aromatic carbocycles. The second kappa shape index (κ2) is 12.1. The highest BCUT2D eigenvalue weighted by Crippen LogP contribution is 2.20. The molecule has 7 heteroatoms. The van der Waals surface area contributed by atoms with Crippen LogP contribution in [0.4, 0.5) is 11.4 Å². The van der Waals surface area contributed by atoms with Gasteiger partial charge in [0.05, 0.1) is 12.2 Å². The maximum atomic E-state index is 12.8. The Morgan fingerprint density at radius 3 is 2.20 bits per heavy atom. The molecule has 2 saturated heterocycles. The van der Waals surface area contributed by atoms with Gasteiger partial charge in [0, 0.05) is 69.7 Å². The molecular formula is C28H38N4O3. The molecule has 0 spiro atoms. The number of nitrogens with zero attached hydrogens (tertiary/aromatic N) is 3. The molecule has 0 saturated carbocycles. The zero-order valence-corrected chi connectivity index (χ0v) is 21.0. The average Bonchev–Trinajstić information content (AvgIpc) is 2.89. The standard InChI is InChI=1S/C28H38N4O3/c1-3-35-28(34)23-6-8-24(9-7-23)29-25-12-16-32(17-13-25)27(33)14-15-30-18-20-31(21-19-30)26-10-4-22(2)5-11-26/h4-11,25,29H,3,12-21H2,1-2H3. The van der Waals surface area contributed by atoms with Crippen LogP contribution in [0.3, 0.4) is 0 Å². The van der Waals surface area contributed by atoms with Gasteiger partial charge in [-0.25, -0.2) is 4.79 Å². The number of ether oxygens (including phenoxy) is 1. The van der Waals surface area contributed by atoms with E-state index in [1.54, 1.807) is 19.1 Å². The molecule has 1 N–H and O–H groups in total. The van der Waals surface area contributed by atoms with Crippen LogP contribution < -0.4 is 10.2 Å². The molecular weight excluding hydrogens is 440 g/mol. The molecule has 0 aromatic heterocycles. The third kappa shape index (κ3) is 6.98. The van der Waals surface area contributed by atoms with Gasteiger partial charge in [0.1, 0.15) is 0 Å². The van der Waals surface area contributed by atoms with Crippen molar-refractivity contribution in [2.45, 2.75) is 39.2 Å². The first-order valence-corrected chi connectivity index (χ1v) is 12.9. The lowest BCUT2D eigenvalue weighted by molar-refractivity contribution is -0.132. The first-order valence-electron chi connectivity index (χ1n) is 12.9. The van der Waals surface area contributed by atoms with E-state index in [4.69, 9.17) is 4.74 Å². The monoisotopic (exact) mass is 478 g/mol. The molecule has 2 aliphatic rings. The van der Waals surface area contributed by atoms with Crippen molar-refractivity contribution in [2.75, 3.05) is 62.6 Å². The molecule has 35 heavy (non-hydrogen) atoms. The zero-order valence-electron chi connectivity index (χ0n) is 21.0. The van der Waals surface area contributed by atoms with E-state index in [9.17, 15) is 9.59 Å². The Morgan fingerprint density at radius 2 is 1.57 bits per heavy atom. The van der Waals surface area contributed by atoms with Gasteiger partial charge in [-0.3, -0.25) is 9.69 Å². The summed E-state index contributed by atoms with van der Waals surface area (Å²) in [7, 11) is 0.